The summed E-state index contributed by atoms with van der Waals surface area (Å²) in [5, 5.41) is 20.7. The van der Waals surface area contributed by atoms with Crippen molar-refractivity contribution in [1.82, 2.24) is 15.0 Å². The number of aromatic amines is 1. The quantitative estimate of drug-likeness (QED) is 0.0549. The fraction of sp³-hybridized carbons (Fsp3) is 0.0645. The van der Waals surface area contributed by atoms with E-state index in [0.29, 0.717) is 18.2 Å². The minimum Gasteiger partial charge on any atom is -0.870 e. The summed E-state index contributed by atoms with van der Waals surface area (Å²) in [7, 11) is -30.9. The van der Waals surface area contributed by atoms with E-state index >= 15 is 0 Å². The van der Waals surface area contributed by atoms with Crippen LogP contribution in [0, 0.1) is 0 Å². The van der Waals surface area contributed by atoms with Crippen molar-refractivity contribution in [1.29, 1.82) is 0 Å². The van der Waals surface area contributed by atoms with Crippen molar-refractivity contribution in [2.75, 3.05) is 16.8 Å². The van der Waals surface area contributed by atoms with Crippen molar-refractivity contribution >= 4 is 122 Å². The van der Waals surface area contributed by atoms with Crippen LogP contribution in [-0.4, -0.2) is 99.7 Å². The van der Waals surface area contributed by atoms with Crippen molar-refractivity contribution < 1.29 is 226 Å². The van der Waals surface area contributed by atoms with E-state index in [2.05, 4.69) is 35.5 Å². The minimum absolute atomic E-state index is 0. The van der Waals surface area contributed by atoms with E-state index in [1.807, 2.05) is 0 Å². The maximum absolute atomic E-state index is 14.1. The molecule has 0 radical (unpaired) electrons. The molecule has 1 heterocycles. The SMILES string of the molecule is O=S(=O)([O-])CCS(=O)(=O)c1ccc(Nc2nc(Cl)[nH]c(=Nc3cc(S(=O)(=O)[O-])cc4cc(S(=O)(=O)[O-])c(N=Nc5ccc6c(S(=O)(=O)[O-])cccc6c5S(=O)(=O)O)c([O-])c34)n2)cc1.[Na+].[Na+].[Na+].[Na+].[Na+]. The number of sulfone groups is 1. The molecule has 0 saturated carbocycles. The summed E-state index contributed by atoms with van der Waals surface area (Å²) in [5.74, 6) is -4.16. The third-order valence-electron chi connectivity index (χ3n) is 8.31. The first-order chi connectivity index (χ1) is 28.9. The maximum Gasteiger partial charge on any atom is 1.00 e. The number of rotatable bonds is 13. The van der Waals surface area contributed by atoms with Crippen molar-refractivity contribution in [3.63, 3.8) is 0 Å². The Bertz CT molecular complexity index is 3740. The maximum atomic E-state index is 14.1. The van der Waals surface area contributed by atoms with Crippen LogP contribution in [0.3, 0.4) is 0 Å². The standard InChI is InChI=1S/C31H24ClN7O18S6.5Na/c32-29-35-30(33-16-4-6-17(7-5-16)58(41,42)10-11-59(43,44)45)37-31(36-29)34-22-14-18(60(46,47)48)12-15-13-24(62(52,53)54)26(27(40)25(15)22)39-38-21-9-8-19-20(28(21)63(55,56)57)2-1-3-23(19)61(49,50)51;;;;;/h1-9,12-14,40H,10-11H2,(H,43,44,45)(H,46,47,48)(H,49,50,51)(H,52,53,54)(H,55,56,57)(H2,33,34,35,36,37);;;;;/q;5*+1/p-5. The third-order valence-corrected chi connectivity index (χ3v) is 14.7. The second kappa shape index (κ2) is 24.6. The summed E-state index contributed by atoms with van der Waals surface area (Å²) in [5.41, 5.74) is -3.55. The average molecular weight is 1120 g/mol. The second-order valence-corrected chi connectivity index (χ2v) is 21.9. The molecule has 37 heteroatoms. The number of aromatic nitrogens is 3. The van der Waals surface area contributed by atoms with Crippen LogP contribution in [0.5, 0.6) is 5.75 Å². The number of azo groups is 1. The molecule has 0 spiro atoms. The molecule has 0 fully saturated rings. The zero-order chi connectivity index (χ0) is 46.7. The Morgan fingerprint density at radius 2 is 1.25 bits per heavy atom. The molecule has 0 aliphatic heterocycles. The van der Waals surface area contributed by atoms with Crippen LogP contribution in [0.15, 0.2) is 112 Å². The number of hydrogen-bond donors (Lipinski definition) is 3. The molecule has 1 aromatic heterocycles. The number of hydrogen-bond acceptors (Lipinski definition) is 23. The van der Waals surface area contributed by atoms with E-state index in [1.165, 1.54) is 12.1 Å². The zero-order valence-electron chi connectivity index (χ0n) is 35.3. The topological polar surface area (TPSA) is 431 Å². The van der Waals surface area contributed by atoms with Gasteiger partial charge in [-0.2, -0.15) is 18.4 Å². The molecule has 25 nitrogen and oxygen atoms in total. The van der Waals surface area contributed by atoms with Gasteiger partial charge in [-0.1, -0.05) is 23.9 Å². The van der Waals surface area contributed by atoms with Gasteiger partial charge in [-0.3, -0.25) is 9.54 Å². The van der Waals surface area contributed by atoms with E-state index in [-0.39, 0.29) is 158 Å². The Balaban J connectivity index is 0.00000462. The van der Waals surface area contributed by atoms with Crippen LogP contribution in [0.2, 0.25) is 5.28 Å². The number of nitrogens with zero attached hydrogens (tertiary/aromatic N) is 5. The molecular formula is C31H19ClN7Na5O18S6. The first-order valence-electron chi connectivity index (χ1n) is 16.3. The van der Waals surface area contributed by atoms with Gasteiger partial charge < -0.3 is 28.6 Å². The van der Waals surface area contributed by atoms with E-state index in [1.54, 1.807) is 0 Å². The molecular weight excluding hydrogens is 1100 g/mol. The molecule has 0 saturated heterocycles. The molecule has 334 valence electrons. The Morgan fingerprint density at radius 1 is 0.647 bits per heavy atom. The van der Waals surface area contributed by atoms with Gasteiger partial charge in [0, 0.05) is 21.8 Å². The molecule has 68 heavy (non-hydrogen) atoms. The number of nitrogens with one attached hydrogen (secondary N) is 2. The van der Waals surface area contributed by atoms with Gasteiger partial charge in [0.1, 0.15) is 40.9 Å². The molecule has 6 rings (SSSR count). The van der Waals surface area contributed by atoms with Gasteiger partial charge in [0.05, 0.1) is 52.6 Å². The largest absolute Gasteiger partial charge is 1.00 e. The molecule has 0 unspecified atom stereocenters. The fourth-order valence-corrected chi connectivity index (χ4v) is 11.0. The molecule has 5 aromatic carbocycles. The van der Waals surface area contributed by atoms with Crippen LogP contribution in [0.4, 0.5) is 28.7 Å². The summed E-state index contributed by atoms with van der Waals surface area (Å²) < 4.78 is 202. The fourth-order valence-electron chi connectivity index (χ4n) is 5.70. The Hall–Kier alpha value is -0.580. The van der Waals surface area contributed by atoms with Gasteiger partial charge >= 0.3 is 148 Å². The van der Waals surface area contributed by atoms with Gasteiger partial charge in [-0.15, -0.1) is 10.2 Å². The summed E-state index contributed by atoms with van der Waals surface area (Å²) in [6.07, 6.45) is 0. The smallest absolute Gasteiger partial charge is 0.870 e. The Kier molecular flexibility index (Phi) is 23.7. The zero-order valence-corrected chi connectivity index (χ0v) is 50.9. The van der Waals surface area contributed by atoms with E-state index in [9.17, 15) is 78.4 Å². The van der Waals surface area contributed by atoms with E-state index < -0.39 is 153 Å². The van der Waals surface area contributed by atoms with Gasteiger partial charge in [0.15, 0.2) is 9.84 Å². The van der Waals surface area contributed by atoms with Crippen molar-refractivity contribution in [2.45, 2.75) is 24.5 Å². The molecule has 0 atom stereocenters. The van der Waals surface area contributed by atoms with Crippen LogP contribution in [0.1, 0.15) is 0 Å². The van der Waals surface area contributed by atoms with Crippen LogP contribution < -0.4 is 164 Å². The second-order valence-electron chi connectivity index (χ2n) is 12.5. The number of H-pyrrole nitrogens is 1. The third kappa shape index (κ3) is 16.0. The predicted molar refractivity (Wildman–Crippen MR) is 208 cm³/mol. The molecule has 0 aliphatic rings. The molecule has 0 bridgehead atoms. The van der Waals surface area contributed by atoms with Crippen LogP contribution in [0.25, 0.3) is 21.5 Å². The number of fused-ring (bicyclic) bond motifs is 2. The van der Waals surface area contributed by atoms with Gasteiger partial charge in [-0.25, -0.2) is 47.1 Å². The van der Waals surface area contributed by atoms with E-state index in [4.69, 9.17) is 11.6 Å². The number of benzene rings is 5. The summed E-state index contributed by atoms with van der Waals surface area (Å²) in [4.78, 5) is 9.21. The normalized spacial score (nSPS) is 12.6. The first kappa shape index (κ1) is 65.4. The summed E-state index contributed by atoms with van der Waals surface area (Å²) in [6, 6.07) is 10.2. The predicted octanol–water partition coefficient (Wildman–Crippen LogP) is -13.5. The molecule has 0 aliphatic carbocycles. The number of anilines is 2. The van der Waals surface area contributed by atoms with Crippen molar-refractivity contribution in [3.8, 4) is 5.75 Å². The minimum atomic E-state index is -5.78. The molecule has 3 N–H and O–H groups in total. The van der Waals surface area contributed by atoms with Gasteiger partial charge in [0.2, 0.25) is 16.9 Å². The number of halogens is 1. The molecule has 6 aromatic rings. The van der Waals surface area contributed by atoms with E-state index in [0.717, 1.165) is 42.5 Å². The van der Waals surface area contributed by atoms with Crippen molar-refractivity contribution in [3.05, 3.63) is 83.7 Å². The first-order valence-corrected chi connectivity index (χ1v) is 25.6. The molecule has 0 amide bonds. The Labute approximate surface area is 501 Å². The van der Waals surface area contributed by atoms with Crippen LogP contribution >= 0.6 is 11.6 Å². The monoisotopic (exact) mass is 1120 g/mol. The van der Waals surface area contributed by atoms with Gasteiger partial charge in [-0.05, 0) is 71.6 Å². The Morgan fingerprint density at radius 3 is 1.79 bits per heavy atom. The summed E-state index contributed by atoms with van der Waals surface area (Å²) in [6.45, 7) is 0. The van der Waals surface area contributed by atoms with Crippen LogP contribution in [-0.2, 0) is 60.4 Å². The summed E-state index contributed by atoms with van der Waals surface area (Å²) >= 11 is 6.10. The van der Waals surface area contributed by atoms with Gasteiger partial charge in [0.25, 0.3) is 10.1 Å². The average Bonchev–Trinajstić information content (AvgIpc) is 3.14. The van der Waals surface area contributed by atoms with Crippen molar-refractivity contribution in [2.24, 2.45) is 15.2 Å².